The first-order valence-corrected chi connectivity index (χ1v) is 6.76. The van der Waals surface area contributed by atoms with Crippen LogP contribution >= 0.6 is 0 Å². The van der Waals surface area contributed by atoms with E-state index in [1.807, 2.05) is 6.07 Å². The molecule has 0 spiro atoms. The lowest BCUT2D eigenvalue weighted by atomic mass is 9.82. The minimum atomic E-state index is -0.356. The molecular weight excluding hydrogens is 228 g/mol. The molecule has 98 valence electrons. The van der Waals surface area contributed by atoms with Crippen molar-refractivity contribution >= 4 is 0 Å². The fourth-order valence-electron chi connectivity index (χ4n) is 2.76. The van der Waals surface area contributed by atoms with E-state index in [0.29, 0.717) is 25.0 Å². The summed E-state index contributed by atoms with van der Waals surface area (Å²) in [6.07, 6.45) is 1.51. The summed E-state index contributed by atoms with van der Waals surface area (Å²) in [5.74, 6) is 2.50. The summed E-state index contributed by atoms with van der Waals surface area (Å²) in [5.41, 5.74) is 2.23. The van der Waals surface area contributed by atoms with Crippen molar-refractivity contribution in [1.82, 2.24) is 0 Å². The van der Waals surface area contributed by atoms with Gasteiger partial charge in [-0.15, -0.1) is 0 Å². The van der Waals surface area contributed by atoms with Crippen LogP contribution in [-0.4, -0.2) is 18.3 Å². The van der Waals surface area contributed by atoms with Gasteiger partial charge < -0.3 is 14.6 Å². The van der Waals surface area contributed by atoms with Gasteiger partial charge in [0.25, 0.3) is 0 Å². The number of fused-ring (bicyclic) bond motifs is 2. The Hall–Kier alpha value is -1.22. The Morgan fingerprint density at radius 1 is 1.00 bits per heavy atom. The van der Waals surface area contributed by atoms with Crippen molar-refractivity contribution in [2.24, 2.45) is 5.92 Å². The lowest BCUT2D eigenvalue weighted by molar-refractivity contribution is 0.151. The largest absolute Gasteiger partial charge is 0.489 e. The Labute approximate surface area is 108 Å². The van der Waals surface area contributed by atoms with Crippen molar-refractivity contribution in [2.75, 3.05) is 13.2 Å². The third-order valence-corrected chi connectivity index (χ3v) is 3.96. The summed E-state index contributed by atoms with van der Waals surface area (Å²) < 4.78 is 11.6. The van der Waals surface area contributed by atoms with E-state index in [2.05, 4.69) is 19.9 Å². The van der Waals surface area contributed by atoms with Crippen molar-refractivity contribution in [3.63, 3.8) is 0 Å². The van der Waals surface area contributed by atoms with E-state index in [4.69, 9.17) is 9.47 Å². The van der Waals surface area contributed by atoms with Gasteiger partial charge in [0.2, 0.25) is 0 Å². The maximum Gasteiger partial charge on any atom is 0.161 e. The van der Waals surface area contributed by atoms with Gasteiger partial charge in [-0.3, -0.25) is 0 Å². The van der Waals surface area contributed by atoms with Crippen LogP contribution < -0.4 is 9.47 Å². The van der Waals surface area contributed by atoms with Crippen molar-refractivity contribution in [2.45, 2.75) is 38.7 Å². The highest BCUT2D eigenvalue weighted by atomic mass is 16.5. The van der Waals surface area contributed by atoms with Gasteiger partial charge in [0, 0.05) is 5.92 Å². The summed E-state index contributed by atoms with van der Waals surface area (Å²) in [6, 6.07) is 4.04. The second-order valence-corrected chi connectivity index (χ2v) is 5.65. The Kier molecular flexibility index (Phi) is 2.94. The molecule has 2 unspecified atom stereocenters. The molecular formula is C15H20O3. The first-order chi connectivity index (χ1) is 8.65. The van der Waals surface area contributed by atoms with Gasteiger partial charge in [-0.25, -0.2) is 0 Å². The number of aliphatic hydroxyl groups excluding tert-OH is 1. The summed E-state index contributed by atoms with van der Waals surface area (Å²) in [5, 5.41) is 10.1. The van der Waals surface area contributed by atoms with E-state index in [1.165, 1.54) is 5.56 Å². The third kappa shape index (κ3) is 1.97. The van der Waals surface area contributed by atoms with Gasteiger partial charge in [0.05, 0.1) is 19.3 Å². The van der Waals surface area contributed by atoms with Crippen LogP contribution in [-0.2, 0) is 0 Å². The fourth-order valence-corrected chi connectivity index (χ4v) is 2.76. The zero-order valence-corrected chi connectivity index (χ0v) is 11.0. The Balaban J connectivity index is 2.04. The maximum absolute atomic E-state index is 10.1. The predicted molar refractivity (Wildman–Crippen MR) is 69.2 cm³/mol. The average molecular weight is 248 g/mol. The fraction of sp³-hybridized carbons (Fsp3) is 0.600. The number of benzene rings is 1. The number of hydrogen-bond acceptors (Lipinski definition) is 3. The molecule has 18 heavy (non-hydrogen) atoms. The molecule has 0 saturated heterocycles. The molecule has 1 aromatic carbocycles. The molecule has 3 heteroatoms. The van der Waals surface area contributed by atoms with Gasteiger partial charge in [-0.1, -0.05) is 13.8 Å². The first-order valence-electron chi connectivity index (χ1n) is 6.76. The second-order valence-electron chi connectivity index (χ2n) is 5.65. The van der Waals surface area contributed by atoms with Crippen LogP contribution in [0.25, 0.3) is 0 Å². The normalized spacial score (nSPS) is 30.5. The van der Waals surface area contributed by atoms with E-state index < -0.39 is 0 Å². The van der Waals surface area contributed by atoms with Crippen LogP contribution in [0, 0.1) is 5.92 Å². The van der Waals surface area contributed by atoms with Gasteiger partial charge in [0.15, 0.2) is 11.5 Å². The highest BCUT2D eigenvalue weighted by Gasteiger charge is 2.27. The Morgan fingerprint density at radius 2 is 1.61 bits per heavy atom. The smallest absolute Gasteiger partial charge is 0.161 e. The molecule has 0 radical (unpaired) electrons. The standard InChI is InChI=1S/C15H20O3/c1-9-7-17-14-5-11-10(2)3-4-13(16)12(11)6-15(14)18-8-9/h5-6,9-10,13,16H,3-4,7-8H2,1-2H3/t9?,10?,13-/m0/s1. The van der Waals surface area contributed by atoms with Crippen LogP contribution in [0.3, 0.4) is 0 Å². The summed E-state index contributed by atoms with van der Waals surface area (Å²) in [7, 11) is 0. The molecule has 3 rings (SSSR count). The third-order valence-electron chi connectivity index (χ3n) is 3.96. The molecule has 1 N–H and O–H groups in total. The number of hydrogen-bond donors (Lipinski definition) is 1. The van der Waals surface area contributed by atoms with Crippen LogP contribution in [0.2, 0.25) is 0 Å². The average Bonchev–Trinajstić information content (AvgIpc) is 2.55. The summed E-state index contributed by atoms with van der Waals surface area (Å²) in [4.78, 5) is 0. The zero-order valence-electron chi connectivity index (χ0n) is 11.0. The van der Waals surface area contributed by atoms with Gasteiger partial charge in [0.1, 0.15) is 0 Å². The van der Waals surface area contributed by atoms with E-state index in [9.17, 15) is 5.11 Å². The van der Waals surface area contributed by atoms with E-state index >= 15 is 0 Å². The van der Waals surface area contributed by atoms with Crippen molar-refractivity contribution in [3.8, 4) is 11.5 Å². The molecule has 0 fully saturated rings. The molecule has 0 amide bonds. The van der Waals surface area contributed by atoms with Crippen LogP contribution in [0.4, 0.5) is 0 Å². The van der Waals surface area contributed by atoms with Gasteiger partial charge in [-0.05, 0) is 42.0 Å². The lowest BCUT2D eigenvalue weighted by Crippen LogP contribution is -2.13. The molecule has 2 aliphatic rings. The van der Waals surface area contributed by atoms with Crippen molar-refractivity contribution in [1.29, 1.82) is 0 Å². The van der Waals surface area contributed by atoms with Crippen molar-refractivity contribution < 1.29 is 14.6 Å². The SMILES string of the molecule is CC1COc2cc3c(cc2OC1)[C@@H](O)CCC3C. The molecule has 1 aromatic rings. The maximum atomic E-state index is 10.1. The summed E-state index contributed by atoms with van der Waals surface area (Å²) >= 11 is 0. The first kappa shape index (κ1) is 11.8. The monoisotopic (exact) mass is 248 g/mol. The van der Waals surface area contributed by atoms with Crippen LogP contribution in [0.15, 0.2) is 12.1 Å². The second kappa shape index (κ2) is 4.47. The number of rotatable bonds is 0. The Morgan fingerprint density at radius 3 is 2.28 bits per heavy atom. The highest BCUT2D eigenvalue weighted by molar-refractivity contribution is 5.50. The quantitative estimate of drug-likeness (QED) is 0.767. The van der Waals surface area contributed by atoms with E-state index in [0.717, 1.165) is 29.9 Å². The molecule has 0 saturated carbocycles. The van der Waals surface area contributed by atoms with E-state index in [-0.39, 0.29) is 6.10 Å². The Bertz CT molecular complexity index is 414. The molecule has 3 atom stereocenters. The summed E-state index contributed by atoms with van der Waals surface area (Å²) in [6.45, 7) is 5.70. The van der Waals surface area contributed by atoms with Crippen molar-refractivity contribution in [3.05, 3.63) is 23.3 Å². The minimum Gasteiger partial charge on any atom is -0.489 e. The molecule has 3 nitrogen and oxygen atoms in total. The predicted octanol–water partition coefficient (Wildman–Crippen LogP) is 3.02. The minimum absolute atomic E-state index is 0.356. The zero-order chi connectivity index (χ0) is 12.7. The van der Waals surface area contributed by atoms with Crippen LogP contribution in [0.1, 0.15) is 49.8 Å². The number of ether oxygens (including phenoxy) is 2. The molecule has 1 aliphatic heterocycles. The van der Waals surface area contributed by atoms with Gasteiger partial charge in [-0.2, -0.15) is 0 Å². The lowest BCUT2D eigenvalue weighted by Gasteiger charge is -2.27. The topological polar surface area (TPSA) is 38.7 Å². The number of aliphatic hydroxyl groups is 1. The molecule has 0 bridgehead atoms. The molecule has 1 heterocycles. The van der Waals surface area contributed by atoms with Crippen LogP contribution in [0.5, 0.6) is 11.5 Å². The van der Waals surface area contributed by atoms with Gasteiger partial charge >= 0.3 is 0 Å². The molecule has 1 aliphatic carbocycles. The van der Waals surface area contributed by atoms with E-state index in [1.54, 1.807) is 0 Å². The highest BCUT2D eigenvalue weighted by Crippen LogP contribution is 2.43. The molecule has 0 aromatic heterocycles.